The monoisotopic (exact) mass is 342 g/mol. The van der Waals surface area contributed by atoms with Gasteiger partial charge in [0.25, 0.3) is 5.91 Å². The zero-order chi connectivity index (χ0) is 16.8. The fraction of sp³-hybridized carbons (Fsp3) is 0.368. The molecule has 5 heteroatoms. The van der Waals surface area contributed by atoms with Crippen LogP contribution in [0.25, 0.3) is 0 Å². The number of carbonyl (C=O) groups is 2. The topological polar surface area (TPSA) is 49.4 Å². The maximum absolute atomic E-state index is 12.4. The van der Waals surface area contributed by atoms with Crippen molar-refractivity contribution in [2.75, 3.05) is 13.1 Å². The van der Waals surface area contributed by atoms with Crippen LogP contribution in [0.5, 0.6) is 0 Å². The second kappa shape index (κ2) is 8.11. The fourth-order valence-electron chi connectivity index (χ4n) is 2.98. The third-order valence-corrected chi connectivity index (χ3v) is 5.28. The number of nitrogens with zero attached hydrogens (tertiary/aromatic N) is 1. The lowest BCUT2D eigenvalue weighted by atomic mass is 10.0. The van der Waals surface area contributed by atoms with Crippen molar-refractivity contribution in [3.8, 4) is 0 Å². The van der Waals surface area contributed by atoms with Crippen LogP contribution in [-0.2, 0) is 11.2 Å². The number of hydrogen-bond acceptors (Lipinski definition) is 3. The molecule has 0 saturated carbocycles. The number of aryl methyl sites for hydroxylation is 1. The molecule has 1 aliphatic heterocycles. The summed E-state index contributed by atoms with van der Waals surface area (Å²) in [6.07, 6.45) is 2.98. The van der Waals surface area contributed by atoms with E-state index in [1.165, 1.54) is 4.88 Å². The molecule has 2 amide bonds. The van der Waals surface area contributed by atoms with Crippen molar-refractivity contribution in [1.29, 1.82) is 0 Å². The van der Waals surface area contributed by atoms with Crippen molar-refractivity contribution in [2.24, 2.45) is 0 Å². The molecule has 0 spiro atoms. The number of hydrogen-bond donors (Lipinski definition) is 1. The second-order valence-corrected chi connectivity index (χ2v) is 7.11. The van der Waals surface area contributed by atoms with Gasteiger partial charge in [-0.05, 0) is 42.8 Å². The van der Waals surface area contributed by atoms with Gasteiger partial charge < -0.3 is 10.2 Å². The summed E-state index contributed by atoms with van der Waals surface area (Å²) in [5, 5.41) is 5.14. The van der Waals surface area contributed by atoms with Gasteiger partial charge in [-0.3, -0.25) is 9.59 Å². The highest BCUT2D eigenvalue weighted by molar-refractivity contribution is 7.09. The van der Waals surface area contributed by atoms with E-state index in [1.54, 1.807) is 11.3 Å². The minimum Gasteiger partial charge on any atom is -0.353 e. The molecule has 2 heterocycles. The van der Waals surface area contributed by atoms with E-state index in [0.29, 0.717) is 19.5 Å². The Hall–Kier alpha value is -2.14. The Morgan fingerprint density at radius 2 is 1.83 bits per heavy atom. The summed E-state index contributed by atoms with van der Waals surface area (Å²) in [6.45, 7) is 1.40. The lowest BCUT2D eigenvalue weighted by Crippen LogP contribution is -2.46. The molecule has 2 aromatic rings. The molecule has 24 heavy (non-hydrogen) atoms. The summed E-state index contributed by atoms with van der Waals surface area (Å²) >= 11 is 1.69. The van der Waals surface area contributed by atoms with Crippen LogP contribution < -0.4 is 5.32 Å². The third-order valence-electron chi connectivity index (χ3n) is 4.35. The van der Waals surface area contributed by atoms with Crippen molar-refractivity contribution in [2.45, 2.75) is 31.7 Å². The van der Waals surface area contributed by atoms with Gasteiger partial charge in [0.05, 0.1) is 0 Å². The molecule has 1 saturated heterocycles. The molecule has 3 rings (SSSR count). The average Bonchev–Trinajstić information content (AvgIpc) is 3.14. The van der Waals surface area contributed by atoms with Gasteiger partial charge >= 0.3 is 0 Å². The smallest absolute Gasteiger partial charge is 0.253 e. The molecule has 0 unspecified atom stereocenters. The first kappa shape index (κ1) is 16.7. The Balaban J connectivity index is 1.42. The van der Waals surface area contributed by atoms with Crippen molar-refractivity contribution >= 4 is 23.2 Å². The largest absolute Gasteiger partial charge is 0.353 e. The predicted molar refractivity (Wildman–Crippen MR) is 96.2 cm³/mol. The van der Waals surface area contributed by atoms with Gasteiger partial charge in [0.1, 0.15) is 0 Å². The molecule has 1 aromatic carbocycles. The van der Waals surface area contributed by atoms with Crippen LogP contribution in [0, 0.1) is 0 Å². The van der Waals surface area contributed by atoms with E-state index in [1.807, 2.05) is 46.7 Å². The summed E-state index contributed by atoms with van der Waals surface area (Å²) in [5.41, 5.74) is 0.732. The van der Waals surface area contributed by atoms with E-state index < -0.39 is 0 Å². The summed E-state index contributed by atoms with van der Waals surface area (Å²) < 4.78 is 0. The van der Waals surface area contributed by atoms with Crippen LogP contribution in [-0.4, -0.2) is 35.8 Å². The maximum Gasteiger partial charge on any atom is 0.253 e. The lowest BCUT2D eigenvalue weighted by molar-refractivity contribution is -0.122. The van der Waals surface area contributed by atoms with Crippen LogP contribution in [0.4, 0.5) is 0 Å². The van der Waals surface area contributed by atoms with Crippen molar-refractivity contribution in [3.63, 3.8) is 0 Å². The maximum atomic E-state index is 12.4. The van der Waals surface area contributed by atoms with Crippen LogP contribution in [0.3, 0.4) is 0 Å². The lowest BCUT2D eigenvalue weighted by Gasteiger charge is -2.32. The standard InChI is InChI=1S/C19H22N2O2S/c22-18(9-8-17-7-4-14-24-17)20-16-10-12-21(13-11-16)19(23)15-5-2-1-3-6-15/h1-7,14,16H,8-13H2,(H,20,22). The Morgan fingerprint density at radius 3 is 2.50 bits per heavy atom. The average molecular weight is 342 g/mol. The number of carbonyl (C=O) groups excluding carboxylic acids is 2. The molecule has 0 bridgehead atoms. The van der Waals surface area contributed by atoms with Gasteiger partial charge in [-0.2, -0.15) is 0 Å². The number of rotatable bonds is 5. The third kappa shape index (κ3) is 4.45. The van der Waals surface area contributed by atoms with Gasteiger partial charge in [0.15, 0.2) is 0 Å². The zero-order valence-electron chi connectivity index (χ0n) is 13.6. The van der Waals surface area contributed by atoms with Crippen molar-refractivity contribution in [1.82, 2.24) is 10.2 Å². The summed E-state index contributed by atoms with van der Waals surface area (Å²) in [4.78, 5) is 27.6. The minimum absolute atomic E-state index is 0.0815. The quantitative estimate of drug-likeness (QED) is 0.908. The first-order chi connectivity index (χ1) is 11.7. The minimum atomic E-state index is 0.0815. The molecule has 0 radical (unpaired) electrons. The number of likely N-dealkylation sites (tertiary alicyclic amines) is 1. The molecule has 0 aliphatic carbocycles. The Bertz CT molecular complexity index is 662. The predicted octanol–water partition coefficient (Wildman–Crippen LogP) is 3.10. The van der Waals surface area contributed by atoms with E-state index >= 15 is 0 Å². The highest BCUT2D eigenvalue weighted by Crippen LogP contribution is 2.15. The number of benzene rings is 1. The van der Waals surface area contributed by atoms with Crippen LogP contribution in [0.2, 0.25) is 0 Å². The molecule has 0 atom stereocenters. The second-order valence-electron chi connectivity index (χ2n) is 6.08. The first-order valence-electron chi connectivity index (χ1n) is 8.38. The van der Waals surface area contributed by atoms with Gasteiger partial charge in [-0.25, -0.2) is 0 Å². The van der Waals surface area contributed by atoms with Crippen molar-refractivity contribution in [3.05, 3.63) is 58.3 Å². The Labute approximate surface area is 146 Å². The number of nitrogens with one attached hydrogen (secondary N) is 1. The number of amides is 2. The zero-order valence-corrected chi connectivity index (χ0v) is 14.4. The van der Waals surface area contributed by atoms with Crippen LogP contribution >= 0.6 is 11.3 Å². The molecule has 1 fully saturated rings. The summed E-state index contributed by atoms with van der Waals surface area (Å²) in [7, 11) is 0. The molecule has 4 nitrogen and oxygen atoms in total. The fourth-order valence-corrected chi connectivity index (χ4v) is 3.69. The van der Waals surface area contributed by atoms with Crippen molar-refractivity contribution < 1.29 is 9.59 Å². The molecular formula is C19H22N2O2S. The molecule has 126 valence electrons. The van der Waals surface area contributed by atoms with Crippen LogP contribution in [0.1, 0.15) is 34.5 Å². The van der Waals surface area contributed by atoms with E-state index in [-0.39, 0.29) is 17.9 Å². The Morgan fingerprint density at radius 1 is 1.08 bits per heavy atom. The number of thiophene rings is 1. The highest BCUT2D eigenvalue weighted by atomic mass is 32.1. The molecule has 1 aromatic heterocycles. The molecular weight excluding hydrogens is 320 g/mol. The first-order valence-corrected chi connectivity index (χ1v) is 9.26. The van der Waals surface area contributed by atoms with E-state index in [4.69, 9.17) is 0 Å². The van der Waals surface area contributed by atoms with Gasteiger partial charge in [-0.1, -0.05) is 24.3 Å². The van der Waals surface area contributed by atoms with Gasteiger partial charge in [0.2, 0.25) is 5.91 Å². The Kier molecular flexibility index (Phi) is 5.64. The summed E-state index contributed by atoms with van der Waals surface area (Å²) in [6, 6.07) is 13.6. The molecule has 1 N–H and O–H groups in total. The van der Waals surface area contributed by atoms with E-state index in [2.05, 4.69) is 11.4 Å². The number of piperidine rings is 1. The SMILES string of the molecule is O=C(CCc1cccs1)NC1CCN(C(=O)c2ccccc2)CC1. The van der Waals surface area contributed by atoms with E-state index in [0.717, 1.165) is 24.8 Å². The summed E-state index contributed by atoms with van der Waals surface area (Å²) in [5.74, 6) is 0.189. The van der Waals surface area contributed by atoms with E-state index in [9.17, 15) is 9.59 Å². The van der Waals surface area contributed by atoms with Gasteiger partial charge in [-0.15, -0.1) is 11.3 Å². The van der Waals surface area contributed by atoms with Gasteiger partial charge in [0, 0.05) is 36.0 Å². The van der Waals surface area contributed by atoms with Crippen LogP contribution in [0.15, 0.2) is 47.8 Å². The highest BCUT2D eigenvalue weighted by Gasteiger charge is 2.24. The molecule has 1 aliphatic rings. The normalized spacial score (nSPS) is 15.2.